The van der Waals surface area contributed by atoms with Crippen LogP contribution in [0.1, 0.15) is 65.7 Å². The van der Waals surface area contributed by atoms with Crippen LogP contribution in [-0.4, -0.2) is 18.4 Å². The van der Waals surface area contributed by atoms with Crippen molar-refractivity contribution in [3.63, 3.8) is 0 Å². The van der Waals surface area contributed by atoms with Crippen LogP contribution < -0.4 is 11.1 Å². The topological polar surface area (TPSA) is 72.2 Å². The molecule has 3 N–H and O–H groups in total. The maximum Gasteiger partial charge on any atom is 0.251 e. The molecule has 0 aliphatic heterocycles. The molecular weight excluding hydrogens is 336 g/mol. The molecular formula is C23H38N2O2. The molecule has 0 fully saturated rings. The highest BCUT2D eigenvalue weighted by atomic mass is 16.2. The second-order valence-electron chi connectivity index (χ2n) is 4.09. The number of carbonyl (C=O) groups excluding carboxylic acids is 2. The molecule has 0 aromatic heterocycles. The van der Waals surface area contributed by atoms with E-state index in [1.165, 1.54) is 0 Å². The zero-order valence-electron chi connectivity index (χ0n) is 18.3. The number of benzene rings is 2. The van der Waals surface area contributed by atoms with Crippen LogP contribution in [0, 0.1) is 0 Å². The number of primary amides is 1. The largest absolute Gasteiger partial charge is 0.368 e. The summed E-state index contributed by atoms with van der Waals surface area (Å²) in [6, 6.07) is 17.1. The maximum absolute atomic E-state index is 11.7. The van der Waals surface area contributed by atoms with Gasteiger partial charge in [0, 0.05) is 5.56 Å². The zero-order chi connectivity index (χ0) is 21.7. The maximum atomic E-state index is 11.7. The molecule has 0 radical (unpaired) electrons. The first-order valence-electron chi connectivity index (χ1n) is 9.89. The fraction of sp³-hybridized carbons (Fsp3) is 0.391. The van der Waals surface area contributed by atoms with Crippen molar-refractivity contribution in [2.45, 2.75) is 55.4 Å². The minimum absolute atomic E-state index is 0.154. The number of nitrogens with two attached hydrogens (primary N) is 1. The molecule has 0 heterocycles. The minimum atomic E-state index is -0.561. The van der Waals surface area contributed by atoms with Crippen LogP contribution >= 0.6 is 0 Å². The summed E-state index contributed by atoms with van der Waals surface area (Å²) in [6.45, 7) is 15.8. The first-order chi connectivity index (χ1) is 13.2. The minimum Gasteiger partial charge on any atom is -0.368 e. The quantitative estimate of drug-likeness (QED) is 0.723. The van der Waals surface area contributed by atoms with Gasteiger partial charge in [-0.1, -0.05) is 97.9 Å². The summed E-state index contributed by atoms with van der Waals surface area (Å²) in [7, 11) is 0. The zero-order valence-corrected chi connectivity index (χ0v) is 18.3. The third-order valence-electron chi connectivity index (χ3n) is 2.68. The van der Waals surface area contributed by atoms with Crippen LogP contribution in [0.25, 0.3) is 11.1 Å². The summed E-state index contributed by atoms with van der Waals surface area (Å²) >= 11 is 0. The molecule has 152 valence electrons. The Hall–Kier alpha value is -2.62. The van der Waals surface area contributed by atoms with Gasteiger partial charge in [-0.3, -0.25) is 9.59 Å². The molecule has 0 aliphatic rings. The lowest BCUT2D eigenvalue weighted by Gasteiger charge is -2.05. The van der Waals surface area contributed by atoms with Crippen molar-refractivity contribution in [1.29, 1.82) is 0 Å². The molecule has 0 saturated carbocycles. The van der Waals surface area contributed by atoms with Gasteiger partial charge in [-0.2, -0.15) is 0 Å². The Bertz CT molecular complexity index is 579. The molecule has 4 heteroatoms. The van der Waals surface area contributed by atoms with Gasteiger partial charge >= 0.3 is 0 Å². The highest BCUT2D eigenvalue weighted by molar-refractivity contribution is 5.96. The molecule has 0 spiro atoms. The van der Waals surface area contributed by atoms with E-state index in [1.54, 1.807) is 12.1 Å². The molecule has 0 atom stereocenters. The van der Waals surface area contributed by atoms with E-state index in [9.17, 15) is 9.59 Å². The predicted octanol–water partition coefficient (Wildman–Crippen LogP) is 5.67. The molecule has 0 unspecified atom stereocenters. The van der Waals surface area contributed by atoms with Gasteiger partial charge in [-0.05, 0) is 23.3 Å². The van der Waals surface area contributed by atoms with Gasteiger partial charge in [-0.25, -0.2) is 0 Å². The van der Waals surface area contributed by atoms with Gasteiger partial charge in [-0.15, -0.1) is 0 Å². The van der Waals surface area contributed by atoms with Gasteiger partial charge in [0.05, 0.1) is 6.54 Å². The van der Waals surface area contributed by atoms with Crippen LogP contribution in [0.15, 0.2) is 54.6 Å². The van der Waals surface area contributed by atoms with Crippen molar-refractivity contribution in [3.8, 4) is 11.1 Å². The average Bonchev–Trinajstić information content (AvgIpc) is 2.78. The highest BCUT2D eigenvalue weighted by Crippen LogP contribution is 2.19. The summed E-state index contributed by atoms with van der Waals surface area (Å²) < 4.78 is 0. The number of nitrogens with one attached hydrogen (secondary N) is 1. The predicted molar refractivity (Wildman–Crippen MR) is 119 cm³/mol. The first-order valence-corrected chi connectivity index (χ1v) is 9.89. The van der Waals surface area contributed by atoms with Crippen molar-refractivity contribution in [1.82, 2.24) is 5.32 Å². The van der Waals surface area contributed by atoms with Crippen LogP contribution in [0.5, 0.6) is 0 Å². The van der Waals surface area contributed by atoms with E-state index in [2.05, 4.69) is 5.32 Å². The Labute approximate surface area is 166 Å². The molecule has 0 saturated heterocycles. The number of amides is 2. The fourth-order valence-corrected chi connectivity index (χ4v) is 1.71. The lowest BCUT2D eigenvalue weighted by molar-refractivity contribution is -0.117. The van der Waals surface area contributed by atoms with E-state index in [1.807, 2.05) is 97.9 Å². The van der Waals surface area contributed by atoms with Crippen molar-refractivity contribution in [2.75, 3.05) is 6.54 Å². The van der Waals surface area contributed by atoms with Gasteiger partial charge in [0.2, 0.25) is 5.91 Å². The van der Waals surface area contributed by atoms with E-state index in [0.29, 0.717) is 5.56 Å². The molecule has 0 aliphatic carbocycles. The van der Waals surface area contributed by atoms with Gasteiger partial charge in [0.25, 0.3) is 5.91 Å². The molecule has 0 bridgehead atoms. The second kappa shape index (κ2) is 21.4. The van der Waals surface area contributed by atoms with Crippen molar-refractivity contribution in [2.24, 2.45) is 5.73 Å². The fourth-order valence-electron chi connectivity index (χ4n) is 1.71. The highest BCUT2D eigenvalue weighted by Gasteiger charge is 2.06. The molecule has 2 rings (SSSR count). The Balaban J connectivity index is -0.000000638. The van der Waals surface area contributed by atoms with Gasteiger partial charge in [0.1, 0.15) is 0 Å². The lowest BCUT2D eigenvalue weighted by Crippen LogP contribution is -2.33. The Morgan fingerprint density at radius 3 is 1.52 bits per heavy atom. The lowest BCUT2D eigenvalue weighted by atomic mass is 10.0. The van der Waals surface area contributed by atoms with E-state index in [4.69, 9.17) is 5.73 Å². The second-order valence-corrected chi connectivity index (χ2v) is 4.09. The molecule has 2 amide bonds. The number of hydrogen-bond donors (Lipinski definition) is 2. The van der Waals surface area contributed by atoms with Crippen LogP contribution in [0.4, 0.5) is 0 Å². The van der Waals surface area contributed by atoms with E-state index >= 15 is 0 Å². The van der Waals surface area contributed by atoms with Crippen LogP contribution in [-0.2, 0) is 4.79 Å². The normalized spacial score (nSPS) is 7.85. The standard InChI is InChI=1S/C15H14N2O2.4C2H6/c16-14(18)10-17-15(19)13-8-6-12(7-9-13)11-4-2-1-3-5-11;4*1-2/h1-9H,10H2,(H2,16,18)(H,17,19);4*1-2H3. The number of hydrogen-bond acceptors (Lipinski definition) is 2. The smallest absolute Gasteiger partial charge is 0.251 e. The van der Waals surface area contributed by atoms with E-state index in [-0.39, 0.29) is 12.5 Å². The molecule has 27 heavy (non-hydrogen) atoms. The molecule has 4 nitrogen and oxygen atoms in total. The summed E-state index contributed by atoms with van der Waals surface area (Å²) in [4.78, 5) is 22.3. The Morgan fingerprint density at radius 2 is 1.11 bits per heavy atom. The number of rotatable bonds is 4. The van der Waals surface area contributed by atoms with Crippen molar-refractivity contribution >= 4 is 11.8 Å². The monoisotopic (exact) mass is 374 g/mol. The van der Waals surface area contributed by atoms with Gasteiger partial charge < -0.3 is 11.1 Å². The summed E-state index contributed by atoms with van der Waals surface area (Å²) in [6.07, 6.45) is 0. The summed E-state index contributed by atoms with van der Waals surface area (Å²) in [5.41, 5.74) is 7.59. The average molecular weight is 375 g/mol. The molecule has 2 aromatic carbocycles. The van der Waals surface area contributed by atoms with Crippen molar-refractivity contribution in [3.05, 3.63) is 60.2 Å². The van der Waals surface area contributed by atoms with Crippen LogP contribution in [0.2, 0.25) is 0 Å². The number of carbonyl (C=O) groups is 2. The summed E-state index contributed by atoms with van der Waals surface area (Å²) in [5, 5.41) is 2.44. The van der Waals surface area contributed by atoms with E-state index < -0.39 is 5.91 Å². The first kappa shape index (κ1) is 29.2. The Morgan fingerprint density at radius 1 is 0.704 bits per heavy atom. The Kier molecular flexibility index (Phi) is 23.1. The van der Waals surface area contributed by atoms with E-state index in [0.717, 1.165) is 11.1 Å². The third kappa shape index (κ3) is 13.3. The van der Waals surface area contributed by atoms with Gasteiger partial charge in [0.15, 0.2) is 0 Å². The third-order valence-corrected chi connectivity index (χ3v) is 2.68. The van der Waals surface area contributed by atoms with Crippen LogP contribution in [0.3, 0.4) is 0 Å². The SMILES string of the molecule is CC.CC.CC.CC.NC(=O)CNC(=O)c1ccc(-c2ccccc2)cc1. The summed E-state index contributed by atoms with van der Waals surface area (Å²) in [5.74, 6) is -0.868. The molecule has 2 aromatic rings. The van der Waals surface area contributed by atoms with Crippen molar-refractivity contribution < 1.29 is 9.59 Å².